The third kappa shape index (κ3) is 4.55. The minimum absolute atomic E-state index is 0.00784. The van der Waals surface area contributed by atoms with E-state index in [4.69, 9.17) is 17.0 Å². The van der Waals surface area contributed by atoms with Crippen LogP contribution in [0.25, 0.3) is 10.8 Å². The number of amides is 2. The zero-order chi connectivity index (χ0) is 19.4. The number of nitrogens with one attached hydrogen (secondary N) is 1. The topological polar surface area (TPSA) is 95.9 Å². The number of carbonyl (C=O) groups is 3. The number of phenols is 1. The Kier molecular flexibility index (Phi) is 5.92. The van der Waals surface area contributed by atoms with E-state index < -0.39 is 18.5 Å². The molecule has 0 radical (unpaired) electrons. The Morgan fingerprint density at radius 1 is 1.26 bits per heavy atom. The highest BCUT2D eigenvalue weighted by Crippen LogP contribution is 2.25. The minimum atomic E-state index is -0.791. The second-order valence-electron chi connectivity index (χ2n) is 5.74. The van der Waals surface area contributed by atoms with Crippen LogP contribution in [0.3, 0.4) is 0 Å². The monoisotopic (exact) mass is 404 g/mol. The van der Waals surface area contributed by atoms with Gasteiger partial charge in [-0.2, -0.15) is 0 Å². The molecule has 1 fully saturated rings. The molecule has 1 heterocycles. The van der Waals surface area contributed by atoms with Crippen molar-refractivity contribution in [1.29, 1.82) is 0 Å². The fourth-order valence-corrected chi connectivity index (χ4v) is 3.68. The summed E-state index contributed by atoms with van der Waals surface area (Å²) in [4.78, 5) is 37.0. The first kappa shape index (κ1) is 19.1. The van der Waals surface area contributed by atoms with Gasteiger partial charge in [0.1, 0.15) is 15.6 Å². The second kappa shape index (κ2) is 8.36. The summed E-state index contributed by atoms with van der Waals surface area (Å²) in [6.07, 6.45) is 0. The summed E-state index contributed by atoms with van der Waals surface area (Å²) in [7, 11) is 0. The number of ether oxygens (including phenoxy) is 1. The molecular formula is C18H16N2O5S2. The average Bonchev–Trinajstić information content (AvgIpc) is 2.97. The van der Waals surface area contributed by atoms with E-state index in [-0.39, 0.29) is 30.3 Å². The molecule has 140 valence electrons. The van der Waals surface area contributed by atoms with Crippen LogP contribution in [0.4, 0.5) is 0 Å². The van der Waals surface area contributed by atoms with Gasteiger partial charge in [0.25, 0.3) is 5.91 Å². The number of aromatic hydroxyl groups is 1. The molecule has 0 aromatic heterocycles. The van der Waals surface area contributed by atoms with Crippen molar-refractivity contribution < 1.29 is 24.2 Å². The van der Waals surface area contributed by atoms with E-state index in [9.17, 15) is 19.5 Å². The summed E-state index contributed by atoms with van der Waals surface area (Å²) in [6.45, 7) is -0.0158. The normalized spacial score (nSPS) is 13.9. The van der Waals surface area contributed by atoms with Crippen LogP contribution in [0.2, 0.25) is 0 Å². The minimum Gasteiger partial charge on any atom is -0.507 e. The van der Waals surface area contributed by atoms with Gasteiger partial charge in [-0.15, -0.1) is 0 Å². The predicted molar refractivity (Wildman–Crippen MR) is 106 cm³/mol. The van der Waals surface area contributed by atoms with Crippen molar-refractivity contribution in [1.82, 2.24) is 10.2 Å². The summed E-state index contributed by atoms with van der Waals surface area (Å²) in [5, 5.41) is 14.1. The number of thioether (sulfide) groups is 1. The number of hydrogen-bond donors (Lipinski definition) is 2. The number of fused-ring (bicyclic) bond motifs is 1. The molecule has 0 bridgehead atoms. The zero-order valence-corrected chi connectivity index (χ0v) is 15.8. The quantitative estimate of drug-likeness (QED) is 0.559. The molecule has 27 heavy (non-hydrogen) atoms. The van der Waals surface area contributed by atoms with Gasteiger partial charge in [0.05, 0.1) is 5.75 Å². The molecule has 1 saturated heterocycles. The maximum Gasteiger partial charge on any atom is 0.342 e. The number of rotatable bonds is 6. The van der Waals surface area contributed by atoms with Gasteiger partial charge in [0, 0.05) is 13.1 Å². The smallest absolute Gasteiger partial charge is 0.342 e. The second-order valence-corrected chi connectivity index (χ2v) is 7.35. The molecule has 0 spiro atoms. The number of esters is 1. The van der Waals surface area contributed by atoms with Crippen molar-refractivity contribution in [2.45, 2.75) is 0 Å². The van der Waals surface area contributed by atoms with Crippen molar-refractivity contribution in [2.75, 3.05) is 25.4 Å². The van der Waals surface area contributed by atoms with E-state index in [1.807, 2.05) is 18.2 Å². The van der Waals surface area contributed by atoms with Crippen LogP contribution in [0.5, 0.6) is 5.75 Å². The Balaban J connectivity index is 1.50. The molecule has 0 saturated carbocycles. The molecule has 0 aliphatic carbocycles. The molecule has 0 unspecified atom stereocenters. The van der Waals surface area contributed by atoms with Crippen LogP contribution < -0.4 is 5.32 Å². The first-order valence-corrected chi connectivity index (χ1v) is 9.48. The number of phenolic OH excluding ortho intramolecular Hbond substituents is 1. The highest BCUT2D eigenvalue weighted by atomic mass is 32.2. The predicted octanol–water partition coefficient (Wildman–Crippen LogP) is 1.68. The lowest BCUT2D eigenvalue weighted by Crippen LogP contribution is -2.38. The summed E-state index contributed by atoms with van der Waals surface area (Å²) in [5.74, 6) is -1.27. The van der Waals surface area contributed by atoms with Crippen molar-refractivity contribution in [3.8, 4) is 5.75 Å². The Bertz CT molecular complexity index is 915. The lowest BCUT2D eigenvalue weighted by atomic mass is 10.1. The molecule has 2 aromatic rings. The molecule has 2 N–H and O–H groups in total. The van der Waals surface area contributed by atoms with Gasteiger partial charge in [-0.05, 0) is 22.9 Å². The lowest BCUT2D eigenvalue weighted by Gasteiger charge is -2.15. The van der Waals surface area contributed by atoms with Crippen LogP contribution in [0, 0.1) is 0 Å². The van der Waals surface area contributed by atoms with Crippen molar-refractivity contribution in [2.24, 2.45) is 0 Å². The van der Waals surface area contributed by atoms with Gasteiger partial charge >= 0.3 is 5.97 Å². The van der Waals surface area contributed by atoms with Crippen LogP contribution in [-0.4, -0.2) is 57.6 Å². The van der Waals surface area contributed by atoms with Crippen LogP contribution >= 0.6 is 24.0 Å². The van der Waals surface area contributed by atoms with Gasteiger partial charge in [-0.3, -0.25) is 14.5 Å². The summed E-state index contributed by atoms with van der Waals surface area (Å²) < 4.78 is 5.46. The number of hydrogen-bond acceptors (Lipinski definition) is 7. The van der Waals surface area contributed by atoms with Gasteiger partial charge in [0.2, 0.25) is 5.91 Å². The Morgan fingerprint density at radius 3 is 2.63 bits per heavy atom. The highest BCUT2D eigenvalue weighted by molar-refractivity contribution is 8.23. The van der Waals surface area contributed by atoms with Crippen molar-refractivity contribution >= 4 is 56.9 Å². The molecule has 9 heteroatoms. The third-order valence-electron chi connectivity index (χ3n) is 3.92. The summed E-state index contributed by atoms with van der Waals surface area (Å²) >= 11 is 6.33. The SMILES string of the molecule is O=C(COC(=O)c1cc2ccccc2cc1O)NCCN1C(=O)CSC1=S. The van der Waals surface area contributed by atoms with Crippen molar-refractivity contribution in [3.05, 3.63) is 42.0 Å². The van der Waals surface area contributed by atoms with Crippen LogP contribution in [0.1, 0.15) is 10.4 Å². The van der Waals surface area contributed by atoms with E-state index in [2.05, 4.69) is 5.32 Å². The van der Waals surface area contributed by atoms with Crippen molar-refractivity contribution in [3.63, 3.8) is 0 Å². The fourth-order valence-electron chi connectivity index (χ4n) is 2.56. The van der Waals surface area contributed by atoms with E-state index in [0.29, 0.717) is 10.1 Å². The molecule has 7 nitrogen and oxygen atoms in total. The van der Waals surface area contributed by atoms with Gasteiger partial charge in [-0.1, -0.05) is 48.2 Å². The Morgan fingerprint density at radius 2 is 1.96 bits per heavy atom. The average molecular weight is 404 g/mol. The van der Waals surface area contributed by atoms with Gasteiger partial charge in [-0.25, -0.2) is 4.79 Å². The number of thiocarbonyl (C=S) groups is 1. The molecule has 0 atom stereocenters. The number of benzene rings is 2. The van der Waals surface area contributed by atoms with Crippen LogP contribution in [0.15, 0.2) is 36.4 Å². The number of carbonyl (C=O) groups excluding carboxylic acids is 3. The number of nitrogens with zero attached hydrogens (tertiary/aromatic N) is 1. The molecule has 2 amide bonds. The summed E-state index contributed by atoms with van der Waals surface area (Å²) in [5.41, 5.74) is -0.00784. The molecule has 1 aliphatic heterocycles. The van der Waals surface area contributed by atoms with Gasteiger partial charge < -0.3 is 15.2 Å². The molecule has 2 aromatic carbocycles. The molecular weight excluding hydrogens is 388 g/mol. The van der Waals surface area contributed by atoms with E-state index in [1.165, 1.54) is 28.8 Å². The summed E-state index contributed by atoms with van der Waals surface area (Å²) in [6, 6.07) is 10.2. The highest BCUT2D eigenvalue weighted by Gasteiger charge is 2.26. The largest absolute Gasteiger partial charge is 0.507 e. The first-order valence-electron chi connectivity index (χ1n) is 8.08. The maximum atomic E-state index is 12.1. The molecule has 1 aliphatic rings. The maximum absolute atomic E-state index is 12.1. The Labute approximate surface area is 164 Å². The van der Waals surface area contributed by atoms with E-state index >= 15 is 0 Å². The first-order chi connectivity index (χ1) is 13.0. The Hall–Kier alpha value is -2.65. The molecule has 3 rings (SSSR count). The lowest BCUT2D eigenvalue weighted by molar-refractivity contribution is -0.126. The zero-order valence-electron chi connectivity index (χ0n) is 14.1. The standard InChI is InChI=1S/C18H16N2O5S2/c21-14-8-12-4-2-1-3-11(12)7-13(14)17(24)25-9-15(22)19-5-6-20-16(23)10-27-18(20)26/h1-4,7-8,21H,5-6,9-10H2,(H,19,22). The fraction of sp³-hybridized carbons (Fsp3) is 0.222. The van der Waals surface area contributed by atoms with E-state index in [0.717, 1.165) is 10.8 Å². The van der Waals surface area contributed by atoms with E-state index in [1.54, 1.807) is 6.07 Å². The third-order valence-corrected chi connectivity index (χ3v) is 5.35. The van der Waals surface area contributed by atoms with Gasteiger partial charge in [0.15, 0.2) is 6.61 Å². The van der Waals surface area contributed by atoms with Crippen LogP contribution in [-0.2, 0) is 14.3 Å².